The van der Waals surface area contributed by atoms with E-state index >= 15 is 0 Å². The minimum Gasteiger partial charge on any atom is -0.386 e. The topological polar surface area (TPSA) is 105 Å². The first kappa shape index (κ1) is 20.8. The van der Waals surface area contributed by atoms with Gasteiger partial charge in [-0.1, -0.05) is 24.3 Å². The van der Waals surface area contributed by atoms with E-state index in [1.54, 1.807) is 41.3 Å². The van der Waals surface area contributed by atoms with Gasteiger partial charge in [-0.25, -0.2) is 12.8 Å². The van der Waals surface area contributed by atoms with Gasteiger partial charge in [-0.05, 0) is 41.8 Å². The van der Waals surface area contributed by atoms with Crippen LogP contribution in [0.25, 0.3) is 0 Å². The monoisotopic (exact) mass is 418 g/mol. The van der Waals surface area contributed by atoms with Gasteiger partial charge in [0.05, 0.1) is 18.8 Å². The van der Waals surface area contributed by atoms with E-state index in [4.69, 9.17) is 5.73 Å². The van der Waals surface area contributed by atoms with E-state index in [1.807, 2.05) is 0 Å². The number of hydrogen-bond donors (Lipinski definition) is 2. The number of likely N-dealkylation sites (tertiary alicyclic amines) is 1. The van der Waals surface area contributed by atoms with Crippen LogP contribution < -0.4 is 10.5 Å². The Hall–Kier alpha value is -2.94. The summed E-state index contributed by atoms with van der Waals surface area (Å²) in [6, 6.07) is 12.6. The van der Waals surface area contributed by atoms with E-state index in [2.05, 4.69) is 9.71 Å². The summed E-state index contributed by atoms with van der Waals surface area (Å²) < 4.78 is 38.0. The van der Waals surface area contributed by atoms with Crippen molar-refractivity contribution in [1.82, 2.24) is 4.90 Å². The zero-order chi connectivity index (χ0) is 21.0. The van der Waals surface area contributed by atoms with E-state index in [-0.39, 0.29) is 17.8 Å². The number of amides is 1. The number of amidine groups is 1. The Morgan fingerprint density at radius 3 is 2.41 bits per heavy atom. The molecule has 2 aromatic carbocycles. The van der Waals surface area contributed by atoms with Gasteiger partial charge in [0.1, 0.15) is 11.7 Å². The van der Waals surface area contributed by atoms with Gasteiger partial charge in [-0.15, -0.1) is 0 Å². The van der Waals surface area contributed by atoms with Gasteiger partial charge in [0.2, 0.25) is 15.9 Å². The van der Waals surface area contributed by atoms with Crippen molar-refractivity contribution in [3.8, 4) is 0 Å². The van der Waals surface area contributed by atoms with E-state index in [1.165, 1.54) is 12.1 Å². The standard InChI is InChI=1S/C20H23FN4O3S/c1-29(27,28)24-17-8-4-14(5-9-17)12-23-20(22)18-10-11-19(26)25(18)13-15-2-6-16(21)7-3-15/h2-9,18,24H,10-13H2,1H3,(H2,22,23)/t18-/m0/s1. The lowest BCUT2D eigenvalue weighted by molar-refractivity contribution is -0.128. The van der Waals surface area contributed by atoms with Crippen LogP contribution in [0.5, 0.6) is 0 Å². The van der Waals surface area contributed by atoms with Gasteiger partial charge >= 0.3 is 0 Å². The Balaban J connectivity index is 1.66. The van der Waals surface area contributed by atoms with Crippen molar-refractivity contribution in [1.29, 1.82) is 0 Å². The summed E-state index contributed by atoms with van der Waals surface area (Å²) in [5.41, 5.74) is 8.34. The summed E-state index contributed by atoms with van der Waals surface area (Å²) >= 11 is 0. The highest BCUT2D eigenvalue weighted by molar-refractivity contribution is 7.92. The van der Waals surface area contributed by atoms with Gasteiger partial charge in [0.15, 0.2) is 0 Å². The Kier molecular flexibility index (Phi) is 6.17. The third kappa shape index (κ3) is 5.77. The summed E-state index contributed by atoms with van der Waals surface area (Å²) in [6.45, 7) is 0.673. The smallest absolute Gasteiger partial charge is 0.229 e. The average molecular weight is 418 g/mol. The number of aliphatic imine (C=N–C) groups is 1. The molecule has 1 aliphatic rings. The van der Waals surface area contributed by atoms with Gasteiger partial charge in [0, 0.05) is 18.7 Å². The molecule has 0 unspecified atom stereocenters. The number of nitrogens with two attached hydrogens (primary N) is 1. The molecule has 1 aliphatic heterocycles. The summed E-state index contributed by atoms with van der Waals surface area (Å²) in [5.74, 6) is 0.0434. The molecule has 0 saturated carbocycles. The fourth-order valence-electron chi connectivity index (χ4n) is 3.21. The van der Waals surface area contributed by atoms with Crippen LogP contribution in [0, 0.1) is 5.82 Å². The quantitative estimate of drug-likeness (QED) is 0.531. The highest BCUT2D eigenvalue weighted by Crippen LogP contribution is 2.22. The molecular formula is C20H23FN4O3S. The maximum absolute atomic E-state index is 13.1. The van der Waals surface area contributed by atoms with Crippen LogP contribution in [0.15, 0.2) is 53.5 Å². The molecule has 0 spiro atoms. The predicted octanol–water partition coefficient (Wildman–Crippen LogP) is 2.25. The maximum Gasteiger partial charge on any atom is 0.229 e. The molecule has 7 nitrogen and oxygen atoms in total. The summed E-state index contributed by atoms with van der Waals surface area (Å²) in [5, 5.41) is 0. The minimum atomic E-state index is -3.32. The van der Waals surface area contributed by atoms with Crippen molar-refractivity contribution in [2.24, 2.45) is 10.7 Å². The summed E-state index contributed by atoms with van der Waals surface area (Å²) in [7, 11) is -3.32. The minimum absolute atomic E-state index is 0.00585. The van der Waals surface area contributed by atoms with Gasteiger partial charge in [0.25, 0.3) is 0 Å². The number of halogens is 1. The van der Waals surface area contributed by atoms with Crippen LogP contribution in [0.4, 0.5) is 10.1 Å². The molecule has 1 fully saturated rings. The second-order valence-electron chi connectivity index (χ2n) is 7.01. The van der Waals surface area contributed by atoms with Crippen molar-refractivity contribution in [2.75, 3.05) is 11.0 Å². The van der Waals surface area contributed by atoms with E-state index < -0.39 is 10.0 Å². The first-order chi connectivity index (χ1) is 13.7. The number of rotatable bonds is 7. The largest absolute Gasteiger partial charge is 0.386 e. The molecule has 0 aromatic heterocycles. The number of anilines is 1. The number of sulfonamides is 1. The number of nitrogens with one attached hydrogen (secondary N) is 1. The number of benzene rings is 2. The molecule has 1 saturated heterocycles. The lowest BCUT2D eigenvalue weighted by atomic mass is 10.1. The lowest BCUT2D eigenvalue weighted by Crippen LogP contribution is -2.42. The van der Waals surface area contributed by atoms with Gasteiger partial charge in [-0.3, -0.25) is 14.5 Å². The highest BCUT2D eigenvalue weighted by atomic mass is 32.2. The fourth-order valence-corrected chi connectivity index (χ4v) is 3.77. The molecule has 0 bridgehead atoms. The zero-order valence-corrected chi connectivity index (χ0v) is 16.8. The van der Waals surface area contributed by atoms with Gasteiger partial charge < -0.3 is 10.6 Å². The molecule has 2 aromatic rings. The SMILES string of the molecule is CS(=O)(=O)Nc1ccc(CN=C(N)[C@@H]2CCC(=O)N2Cc2ccc(F)cc2)cc1. The number of hydrogen-bond acceptors (Lipinski definition) is 4. The normalized spacial score (nSPS) is 17.6. The number of nitrogens with zero attached hydrogens (tertiary/aromatic N) is 2. The van der Waals surface area contributed by atoms with E-state index in [0.29, 0.717) is 37.5 Å². The van der Waals surface area contributed by atoms with Crippen LogP contribution in [0.3, 0.4) is 0 Å². The van der Waals surface area contributed by atoms with Crippen molar-refractivity contribution >= 4 is 27.5 Å². The molecule has 1 heterocycles. The van der Waals surface area contributed by atoms with E-state index in [9.17, 15) is 17.6 Å². The van der Waals surface area contributed by atoms with Crippen molar-refractivity contribution < 1.29 is 17.6 Å². The van der Waals surface area contributed by atoms with Crippen LogP contribution >= 0.6 is 0 Å². The molecule has 1 atom stereocenters. The summed E-state index contributed by atoms with van der Waals surface area (Å²) in [4.78, 5) is 18.4. The van der Waals surface area contributed by atoms with Crippen LogP contribution in [0.2, 0.25) is 0 Å². The van der Waals surface area contributed by atoms with Gasteiger partial charge in [-0.2, -0.15) is 0 Å². The molecule has 29 heavy (non-hydrogen) atoms. The van der Waals surface area contributed by atoms with Crippen molar-refractivity contribution in [3.63, 3.8) is 0 Å². The number of carbonyl (C=O) groups excluding carboxylic acids is 1. The lowest BCUT2D eigenvalue weighted by Gasteiger charge is -2.24. The van der Waals surface area contributed by atoms with Crippen molar-refractivity contribution in [3.05, 3.63) is 65.5 Å². The Morgan fingerprint density at radius 1 is 1.17 bits per heavy atom. The van der Waals surface area contributed by atoms with E-state index in [0.717, 1.165) is 17.4 Å². The highest BCUT2D eigenvalue weighted by Gasteiger charge is 2.33. The maximum atomic E-state index is 13.1. The first-order valence-corrected chi connectivity index (χ1v) is 11.0. The molecule has 3 rings (SSSR count). The summed E-state index contributed by atoms with van der Waals surface area (Å²) in [6.07, 6.45) is 2.08. The second-order valence-corrected chi connectivity index (χ2v) is 8.76. The molecule has 3 N–H and O–H groups in total. The third-order valence-corrected chi connectivity index (χ3v) is 5.24. The zero-order valence-electron chi connectivity index (χ0n) is 16.0. The molecule has 154 valence electrons. The average Bonchev–Trinajstić information content (AvgIpc) is 3.02. The molecular weight excluding hydrogens is 395 g/mol. The second kappa shape index (κ2) is 8.60. The van der Waals surface area contributed by atoms with Crippen LogP contribution in [-0.4, -0.2) is 37.4 Å². The van der Waals surface area contributed by atoms with Crippen LogP contribution in [0.1, 0.15) is 24.0 Å². The predicted molar refractivity (Wildman–Crippen MR) is 110 cm³/mol. The molecule has 1 amide bonds. The van der Waals surface area contributed by atoms with Crippen LogP contribution in [-0.2, 0) is 27.9 Å². The Morgan fingerprint density at radius 2 is 1.79 bits per heavy atom. The Labute approximate surface area is 169 Å². The molecule has 0 radical (unpaired) electrons. The fraction of sp³-hybridized carbons (Fsp3) is 0.300. The van der Waals surface area contributed by atoms with Crippen molar-refractivity contribution in [2.45, 2.75) is 32.0 Å². The first-order valence-electron chi connectivity index (χ1n) is 9.12. The Bertz CT molecular complexity index is 1010. The number of carbonyl (C=O) groups is 1. The molecule has 0 aliphatic carbocycles. The third-order valence-electron chi connectivity index (χ3n) is 4.64. The molecule has 9 heteroatoms.